The topological polar surface area (TPSA) is 65.5 Å². The van der Waals surface area contributed by atoms with E-state index < -0.39 is 0 Å². The molecule has 7 nitrogen and oxygen atoms in total. The molecule has 7 heteroatoms. The molecule has 2 aliphatic rings. The molecule has 1 fully saturated rings. The van der Waals surface area contributed by atoms with Gasteiger partial charge in [0, 0.05) is 39.0 Å². The molecule has 2 amide bonds. The number of benzene rings is 2. The fourth-order valence-corrected chi connectivity index (χ4v) is 3.81. The third-order valence-electron chi connectivity index (χ3n) is 5.35. The van der Waals surface area contributed by atoms with E-state index in [2.05, 4.69) is 16.1 Å². The van der Waals surface area contributed by atoms with Gasteiger partial charge in [-0.05, 0) is 31.2 Å². The first kappa shape index (κ1) is 19.9. The van der Waals surface area contributed by atoms with Crippen molar-refractivity contribution in [2.45, 2.75) is 19.8 Å². The van der Waals surface area contributed by atoms with Gasteiger partial charge < -0.3 is 14.5 Å². The van der Waals surface area contributed by atoms with Crippen molar-refractivity contribution in [2.75, 3.05) is 42.7 Å². The Morgan fingerprint density at radius 2 is 1.67 bits per heavy atom. The van der Waals surface area contributed by atoms with E-state index in [1.54, 1.807) is 0 Å². The number of carbonyl (C=O) groups is 2. The fourth-order valence-electron chi connectivity index (χ4n) is 3.81. The van der Waals surface area contributed by atoms with E-state index in [0.29, 0.717) is 43.9 Å². The lowest BCUT2D eigenvalue weighted by molar-refractivity contribution is -0.124. The van der Waals surface area contributed by atoms with Crippen molar-refractivity contribution < 1.29 is 14.3 Å². The van der Waals surface area contributed by atoms with Crippen molar-refractivity contribution in [1.82, 2.24) is 4.90 Å². The van der Waals surface area contributed by atoms with Crippen molar-refractivity contribution in [3.05, 3.63) is 54.6 Å². The summed E-state index contributed by atoms with van der Waals surface area (Å²) in [4.78, 5) is 29.4. The van der Waals surface area contributed by atoms with Crippen LogP contribution in [0.15, 0.2) is 59.7 Å². The van der Waals surface area contributed by atoms with Crippen molar-refractivity contribution in [3.63, 3.8) is 0 Å². The normalized spacial score (nSPS) is 17.0. The smallest absolute Gasteiger partial charge is 0.270 e. The second-order valence-electron chi connectivity index (χ2n) is 7.27. The summed E-state index contributed by atoms with van der Waals surface area (Å²) in [6.45, 7) is 5.26. The molecule has 0 aliphatic carbocycles. The van der Waals surface area contributed by atoms with Gasteiger partial charge in [0.2, 0.25) is 5.91 Å². The summed E-state index contributed by atoms with van der Waals surface area (Å²) in [6, 6.07) is 17.2. The molecule has 0 N–H and O–H groups in total. The van der Waals surface area contributed by atoms with E-state index in [1.807, 2.05) is 60.4 Å². The lowest BCUT2D eigenvalue weighted by Crippen LogP contribution is -2.51. The molecule has 2 heterocycles. The summed E-state index contributed by atoms with van der Waals surface area (Å²) < 4.78 is 5.74. The average Bonchev–Trinajstić information content (AvgIpc) is 2.80. The number of rotatable bonds is 5. The maximum absolute atomic E-state index is 13.1. The van der Waals surface area contributed by atoms with E-state index in [0.717, 1.165) is 24.5 Å². The van der Waals surface area contributed by atoms with Gasteiger partial charge in [-0.2, -0.15) is 5.10 Å². The van der Waals surface area contributed by atoms with Gasteiger partial charge in [0.15, 0.2) is 0 Å². The predicted molar refractivity (Wildman–Crippen MR) is 117 cm³/mol. The zero-order chi connectivity index (χ0) is 20.9. The number of carbonyl (C=O) groups excluding carboxylic acids is 2. The Labute approximate surface area is 176 Å². The van der Waals surface area contributed by atoms with E-state index in [-0.39, 0.29) is 11.8 Å². The molecule has 0 radical (unpaired) electrons. The Morgan fingerprint density at radius 1 is 0.967 bits per heavy atom. The van der Waals surface area contributed by atoms with E-state index in [4.69, 9.17) is 4.74 Å². The summed E-state index contributed by atoms with van der Waals surface area (Å²) in [5.74, 6) is 0.699. The monoisotopic (exact) mass is 406 g/mol. The van der Waals surface area contributed by atoms with Crippen LogP contribution in [-0.4, -0.2) is 55.2 Å². The predicted octanol–water partition coefficient (Wildman–Crippen LogP) is 2.92. The van der Waals surface area contributed by atoms with Crippen LogP contribution in [0.3, 0.4) is 0 Å². The molecule has 2 aliphatic heterocycles. The number of ether oxygens (including phenoxy) is 1. The minimum atomic E-state index is -0.0879. The lowest BCUT2D eigenvalue weighted by atomic mass is 10.1. The Morgan fingerprint density at radius 3 is 2.40 bits per heavy atom. The maximum atomic E-state index is 13.1. The lowest BCUT2D eigenvalue weighted by Gasteiger charge is -2.37. The van der Waals surface area contributed by atoms with Crippen LogP contribution in [0.2, 0.25) is 0 Å². The quantitative estimate of drug-likeness (QED) is 0.766. The second-order valence-corrected chi connectivity index (χ2v) is 7.27. The van der Waals surface area contributed by atoms with Crippen LogP contribution < -0.4 is 14.6 Å². The average molecular weight is 406 g/mol. The minimum absolute atomic E-state index is 0.0822. The Hall–Kier alpha value is -3.35. The zero-order valence-electron chi connectivity index (χ0n) is 17.2. The zero-order valence-corrected chi connectivity index (χ0v) is 17.2. The van der Waals surface area contributed by atoms with Gasteiger partial charge in [-0.15, -0.1) is 0 Å². The van der Waals surface area contributed by atoms with Crippen LogP contribution in [0.4, 0.5) is 11.4 Å². The molecule has 0 atom stereocenters. The molecule has 30 heavy (non-hydrogen) atoms. The molecule has 156 valence electrons. The highest BCUT2D eigenvalue weighted by atomic mass is 16.5. The third kappa shape index (κ3) is 4.15. The van der Waals surface area contributed by atoms with Gasteiger partial charge in [-0.25, -0.2) is 5.01 Å². The van der Waals surface area contributed by atoms with Gasteiger partial charge in [0.1, 0.15) is 11.5 Å². The van der Waals surface area contributed by atoms with Gasteiger partial charge in [-0.1, -0.05) is 30.3 Å². The molecule has 0 spiro atoms. The van der Waals surface area contributed by atoms with Gasteiger partial charge in [0.25, 0.3) is 5.91 Å². The molecule has 0 saturated carbocycles. The molecule has 0 aromatic heterocycles. The number of hydrogen-bond acceptors (Lipinski definition) is 5. The minimum Gasteiger partial charge on any atom is -0.492 e. The molecule has 0 unspecified atom stereocenters. The van der Waals surface area contributed by atoms with Crippen molar-refractivity contribution >= 4 is 28.9 Å². The number of piperazine rings is 1. The Bertz CT molecular complexity index is 936. The molecule has 1 saturated heterocycles. The standard InChI is InChI=1S/C23H26N4O3/c1-2-30-21-11-7-6-10-20(21)25-14-16-26(17-15-25)23(29)19-12-13-22(28)27(24-19)18-8-4-3-5-9-18/h3-11H,2,12-17H2,1H3. The number of amides is 2. The Balaban J connectivity index is 1.44. The SMILES string of the molecule is CCOc1ccccc1N1CCN(C(=O)C2=NN(c3ccccc3)C(=O)CC2)CC1. The van der Waals surface area contributed by atoms with Crippen LogP contribution >= 0.6 is 0 Å². The van der Waals surface area contributed by atoms with Crippen LogP contribution in [-0.2, 0) is 9.59 Å². The highest BCUT2D eigenvalue weighted by Crippen LogP contribution is 2.29. The number of hydrogen-bond donors (Lipinski definition) is 0. The maximum Gasteiger partial charge on any atom is 0.270 e. The molecular weight excluding hydrogens is 380 g/mol. The molecule has 4 rings (SSSR count). The van der Waals surface area contributed by atoms with Crippen LogP contribution in [0.25, 0.3) is 0 Å². The molecule has 0 bridgehead atoms. The number of nitrogens with zero attached hydrogens (tertiary/aromatic N) is 4. The largest absolute Gasteiger partial charge is 0.492 e. The first-order chi connectivity index (χ1) is 14.7. The number of para-hydroxylation sites is 3. The van der Waals surface area contributed by atoms with E-state index >= 15 is 0 Å². The molecular formula is C23H26N4O3. The number of anilines is 2. The molecule has 2 aromatic carbocycles. The summed E-state index contributed by atoms with van der Waals surface area (Å²) in [5.41, 5.74) is 2.19. The van der Waals surface area contributed by atoms with Crippen LogP contribution in [0.5, 0.6) is 5.75 Å². The van der Waals surface area contributed by atoms with Crippen LogP contribution in [0.1, 0.15) is 19.8 Å². The van der Waals surface area contributed by atoms with E-state index in [9.17, 15) is 9.59 Å². The Kier molecular flexibility index (Phi) is 5.97. The van der Waals surface area contributed by atoms with Crippen molar-refractivity contribution in [3.8, 4) is 5.75 Å². The summed E-state index contributed by atoms with van der Waals surface area (Å²) >= 11 is 0. The van der Waals surface area contributed by atoms with Crippen LogP contribution in [0, 0.1) is 0 Å². The summed E-state index contributed by atoms with van der Waals surface area (Å²) in [6.07, 6.45) is 0.676. The fraction of sp³-hybridized carbons (Fsp3) is 0.348. The molecule has 2 aromatic rings. The van der Waals surface area contributed by atoms with Crippen molar-refractivity contribution in [1.29, 1.82) is 0 Å². The highest BCUT2D eigenvalue weighted by molar-refractivity contribution is 6.40. The summed E-state index contributed by atoms with van der Waals surface area (Å²) in [5, 5.41) is 5.75. The first-order valence-corrected chi connectivity index (χ1v) is 10.4. The first-order valence-electron chi connectivity index (χ1n) is 10.4. The van der Waals surface area contributed by atoms with Gasteiger partial charge in [0.05, 0.1) is 18.0 Å². The van der Waals surface area contributed by atoms with Gasteiger partial charge in [-0.3, -0.25) is 9.59 Å². The van der Waals surface area contributed by atoms with Crippen molar-refractivity contribution in [2.24, 2.45) is 5.10 Å². The second kappa shape index (κ2) is 8.98. The van der Waals surface area contributed by atoms with E-state index in [1.165, 1.54) is 5.01 Å². The third-order valence-corrected chi connectivity index (χ3v) is 5.35. The van der Waals surface area contributed by atoms with Gasteiger partial charge >= 0.3 is 0 Å². The summed E-state index contributed by atoms with van der Waals surface area (Å²) in [7, 11) is 0. The number of hydrazone groups is 1. The highest BCUT2D eigenvalue weighted by Gasteiger charge is 2.30.